The van der Waals surface area contributed by atoms with E-state index in [-0.39, 0.29) is 41.2 Å². The number of fused-ring (bicyclic) bond motifs is 3. The first-order chi connectivity index (χ1) is 20.6. The summed E-state index contributed by atoms with van der Waals surface area (Å²) in [5.41, 5.74) is 1.01. The van der Waals surface area contributed by atoms with Crippen LogP contribution in [0.3, 0.4) is 0 Å². The van der Waals surface area contributed by atoms with Crippen molar-refractivity contribution in [3.63, 3.8) is 0 Å². The zero-order valence-electron chi connectivity index (χ0n) is 24.0. The Morgan fingerprint density at radius 3 is 2.70 bits per heavy atom. The number of nitrogens with zero attached hydrogens (tertiary/aromatic N) is 6. The Labute approximate surface area is 248 Å². The molecule has 2 unspecified atom stereocenters. The number of likely N-dealkylation sites (tertiary alicyclic amines) is 1. The number of aryl methyl sites for hydroxylation is 1. The highest BCUT2D eigenvalue weighted by Gasteiger charge is 2.47. The molecule has 4 heterocycles. The molecule has 1 aliphatic carbocycles. The molecule has 11 heteroatoms. The maximum atomic E-state index is 14.4. The minimum Gasteiger partial charge on any atom is -0.374 e. The Morgan fingerprint density at radius 2 is 1.95 bits per heavy atom. The number of carbonyl (C=O) groups is 1. The van der Waals surface area contributed by atoms with Gasteiger partial charge < -0.3 is 14.2 Å². The van der Waals surface area contributed by atoms with Gasteiger partial charge in [0.1, 0.15) is 12.2 Å². The standard InChI is InChI=1S/C32H33F3N6O2/c1-39-19-37-38-29(39)14-31(12-21(13-31)15-36)22-3-2-4-23(11-22)41-18-27-26(30(41)42)9-20(10-28(27)32(33,34)35)16-40-8-7-24-5-6-25(17-40)43-24/h2-4,9-11,19,21,24-25H,5-8,12-14,16-18H2,1H3/t21-,24?,25?,31-. The molecular formula is C32H33F3N6O2. The van der Waals surface area contributed by atoms with Crippen LogP contribution < -0.4 is 4.90 Å². The van der Waals surface area contributed by atoms with Gasteiger partial charge >= 0.3 is 6.18 Å². The topological polar surface area (TPSA) is 87.3 Å². The van der Waals surface area contributed by atoms with E-state index < -0.39 is 17.6 Å². The quantitative estimate of drug-likeness (QED) is 0.394. The predicted octanol–water partition coefficient (Wildman–Crippen LogP) is 5.16. The van der Waals surface area contributed by atoms with Crippen molar-refractivity contribution in [2.75, 3.05) is 18.0 Å². The number of amides is 1. The van der Waals surface area contributed by atoms with Crippen LogP contribution in [-0.4, -0.2) is 50.9 Å². The van der Waals surface area contributed by atoms with Gasteiger partial charge in [0.15, 0.2) is 0 Å². The number of hydrogen-bond donors (Lipinski definition) is 0. The summed E-state index contributed by atoms with van der Waals surface area (Å²) < 4.78 is 51.1. The fourth-order valence-corrected chi connectivity index (χ4v) is 7.49. The van der Waals surface area contributed by atoms with Crippen LogP contribution in [0.15, 0.2) is 42.7 Å². The van der Waals surface area contributed by atoms with Crippen molar-refractivity contribution in [2.24, 2.45) is 13.0 Å². The van der Waals surface area contributed by atoms with Crippen molar-refractivity contribution in [1.29, 1.82) is 5.26 Å². The van der Waals surface area contributed by atoms with Gasteiger partial charge in [0.2, 0.25) is 0 Å². The fraction of sp³-hybridized carbons (Fsp3) is 0.500. The number of halogens is 3. The summed E-state index contributed by atoms with van der Waals surface area (Å²) in [4.78, 5) is 17.4. The normalized spacial score (nSPS) is 27.1. The largest absolute Gasteiger partial charge is 0.416 e. The van der Waals surface area contributed by atoms with Gasteiger partial charge in [0.05, 0.1) is 30.4 Å². The van der Waals surface area contributed by atoms with E-state index in [0.29, 0.717) is 43.6 Å². The lowest BCUT2D eigenvalue weighted by molar-refractivity contribution is -0.138. The SMILES string of the molecule is Cn1cnnc1C[C@]1(c2cccc(N3Cc4c(cc(CN5CCC6CCC(C5)O6)cc4C(F)(F)F)C3=O)c2)C[C@H](C#N)C1. The van der Waals surface area contributed by atoms with Crippen molar-refractivity contribution < 1.29 is 22.7 Å². The molecule has 1 aromatic heterocycles. The highest BCUT2D eigenvalue weighted by molar-refractivity contribution is 6.10. The average molecular weight is 591 g/mol. The van der Waals surface area contributed by atoms with Gasteiger partial charge in [0.25, 0.3) is 5.91 Å². The first-order valence-corrected chi connectivity index (χ1v) is 14.9. The molecule has 3 aromatic rings. The van der Waals surface area contributed by atoms with Crippen molar-refractivity contribution >= 4 is 11.6 Å². The van der Waals surface area contributed by atoms with E-state index >= 15 is 0 Å². The number of carbonyl (C=O) groups excluding carboxylic acids is 1. The minimum absolute atomic E-state index is 0.0203. The Hall–Kier alpha value is -3.75. The number of alkyl halides is 3. The van der Waals surface area contributed by atoms with Crippen LogP contribution in [-0.2, 0) is 42.9 Å². The molecule has 1 saturated carbocycles. The van der Waals surface area contributed by atoms with E-state index in [2.05, 4.69) is 21.2 Å². The summed E-state index contributed by atoms with van der Waals surface area (Å²) >= 11 is 0. The maximum Gasteiger partial charge on any atom is 0.416 e. The second-order valence-electron chi connectivity index (χ2n) is 12.6. The molecule has 224 valence electrons. The molecule has 2 atom stereocenters. The highest BCUT2D eigenvalue weighted by atomic mass is 19.4. The van der Waals surface area contributed by atoms with Gasteiger partial charge in [0, 0.05) is 55.7 Å². The summed E-state index contributed by atoms with van der Waals surface area (Å²) in [7, 11) is 1.87. The predicted molar refractivity (Wildman–Crippen MR) is 151 cm³/mol. The molecule has 8 nitrogen and oxygen atoms in total. The molecule has 3 fully saturated rings. The second kappa shape index (κ2) is 10.5. The maximum absolute atomic E-state index is 14.4. The molecule has 2 aromatic carbocycles. The van der Waals surface area contributed by atoms with Crippen LogP contribution in [0.25, 0.3) is 0 Å². The van der Waals surface area contributed by atoms with E-state index in [0.717, 1.165) is 37.2 Å². The molecule has 3 aliphatic heterocycles. The number of rotatable bonds is 6. The number of hydrogen-bond acceptors (Lipinski definition) is 6. The second-order valence-corrected chi connectivity index (χ2v) is 12.6. The fourth-order valence-electron chi connectivity index (χ4n) is 7.49. The smallest absolute Gasteiger partial charge is 0.374 e. The zero-order valence-corrected chi connectivity index (χ0v) is 24.0. The zero-order chi connectivity index (χ0) is 29.9. The Bertz CT molecular complexity index is 1600. The lowest BCUT2D eigenvalue weighted by Crippen LogP contribution is -2.43. The Kier molecular flexibility index (Phi) is 6.82. The summed E-state index contributed by atoms with van der Waals surface area (Å²) in [6.45, 7) is 1.64. The summed E-state index contributed by atoms with van der Waals surface area (Å²) in [5, 5.41) is 17.8. The van der Waals surface area contributed by atoms with Crippen LogP contribution in [0, 0.1) is 17.2 Å². The third-order valence-electron chi connectivity index (χ3n) is 9.77. The Morgan fingerprint density at radius 1 is 1.14 bits per heavy atom. The van der Waals surface area contributed by atoms with Crippen LogP contribution in [0.5, 0.6) is 0 Å². The van der Waals surface area contributed by atoms with E-state index in [1.54, 1.807) is 18.5 Å². The molecule has 0 spiro atoms. The monoisotopic (exact) mass is 590 g/mol. The first-order valence-electron chi connectivity index (χ1n) is 14.9. The van der Waals surface area contributed by atoms with Crippen LogP contribution in [0.4, 0.5) is 18.9 Å². The summed E-state index contributed by atoms with van der Waals surface area (Å²) in [5.74, 6) is 0.273. The molecule has 43 heavy (non-hydrogen) atoms. The van der Waals surface area contributed by atoms with Gasteiger partial charge in [-0.15, -0.1) is 10.2 Å². The van der Waals surface area contributed by atoms with E-state index in [1.165, 1.54) is 11.0 Å². The van der Waals surface area contributed by atoms with Gasteiger partial charge in [-0.1, -0.05) is 12.1 Å². The highest BCUT2D eigenvalue weighted by Crippen LogP contribution is 2.50. The van der Waals surface area contributed by atoms with Crippen molar-refractivity contribution in [1.82, 2.24) is 19.7 Å². The molecular weight excluding hydrogens is 557 g/mol. The van der Waals surface area contributed by atoms with Gasteiger partial charge in [-0.2, -0.15) is 18.4 Å². The Balaban J connectivity index is 1.18. The number of anilines is 1. The molecule has 2 bridgehead atoms. The molecule has 2 saturated heterocycles. The summed E-state index contributed by atoms with van der Waals surface area (Å²) in [6.07, 6.45) is 2.13. The molecule has 7 rings (SSSR count). The lowest BCUT2D eigenvalue weighted by Gasteiger charge is -2.45. The van der Waals surface area contributed by atoms with Crippen LogP contribution in [0.2, 0.25) is 0 Å². The number of nitriles is 1. The van der Waals surface area contributed by atoms with Crippen molar-refractivity contribution in [2.45, 2.75) is 75.4 Å². The van der Waals surface area contributed by atoms with Crippen molar-refractivity contribution in [3.8, 4) is 6.07 Å². The molecule has 4 aliphatic rings. The molecule has 0 N–H and O–H groups in total. The molecule has 0 radical (unpaired) electrons. The average Bonchev–Trinajstić information content (AvgIpc) is 3.62. The summed E-state index contributed by atoms with van der Waals surface area (Å²) in [6, 6.07) is 12.7. The minimum atomic E-state index is -4.59. The van der Waals surface area contributed by atoms with Crippen molar-refractivity contribution in [3.05, 3.63) is 76.4 Å². The van der Waals surface area contributed by atoms with E-state index in [4.69, 9.17) is 4.74 Å². The number of aromatic nitrogens is 3. The molecule has 1 amide bonds. The lowest BCUT2D eigenvalue weighted by atomic mass is 9.57. The number of ether oxygens (including phenoxy) is 1. The van der Waals surface area contributed by atoms with Gasteiger partial charge in [-0.05, 0) is 73.1 Å². The third-order valence-corrected chi connectivity index (χ3v) is 9.77. The van der Waals surface area contributed by atoms with Gasteiger partial charge in [-0.25, -0.2) is 0 Å². The first kappa shape index (κ1) is 28.0. The van der Waals surface area contributed by atoms with Gasteiger partial charge in [-0.3, -0.25) is 9.69 Å². The van der Waals surface area contributed by atoms with Crippen LogP contribution in [0.1, 0.15) is 70.5 Å². The van der Waals surface area contributed by atoms with E-state index in [9.17, 15) is 23.2 Å². The van der Waals surface area contributed by atoms with Crippen LogP contribution >= 0.6 is 0 Å². The van der Waals surface area contributed by atoms with E-state index in [1.807, 2.05) is 29.8 Å². The third kappa shape index (κ3) is 5.10. The number of benzene rings is 2.